The second-order valence-corrected chi connectivity index (χ2v) is 8.33. The molecule has 3 aromatic rings. The molecule has 0 heterocycles. The van der Waals surface area contributed by atoms with Gasteiger partial charge in [-0.3, -0.25) is 4.57 Å². The van der Waals surface area contributed by atoms with Gasteiger partial charge in [-0.2, -0.15) is 8.78 Å². The summed E-state index contributed by atoms with van der Waals surface area (Å²) in [6.45, 7) is 1.31. The van der Waals surface area contributed by atoms with Crippen molar-refractivity contribution in [3.05, 3.63) is 76.6 Å². The van der Waals surface area contributed by atoms with Crippen LogP contribution in [0, 0.1) is 29.1 Å². The van der Waals surface area contributed by atoms with E-state index in [1.807, 2.05) is 0 Å². The number of benzene rings is 3. The second kappa shape index (κ2) is 7.79. The van der Waals surface area contributed by atoms with Gasteiger partial charge in [0.15, 0.2) is 0 Å². The van der Waals surface area contributed by atoms with Gasteiger partial charge in [0.1, 0.15) is 0 Å². The molecule has 5 nitrogen and oxygen atoms in total. The molecule has 0 saturated carbocycles. The molecule has 0 aliphatic rings. The van der Waals surface area contributed by atoms with E-state index in [1.54, 1.807) is 0 Å². The summed E-state index contributed by atoms with van der Waals surface area (Å²) in [5.41, 5.74) is -1.15. The maximum atomic E-state index is 13.7. The van der Waals surface area contributed by atoms with Crippen molar-refractivity contribution in [2.45, 2.75) is 12.6 Å². The van der Waals surface area contributed by atoms with Crippen LogP contribution in [0.1, 0.15) is 28.5 Å². The molecule has 0 bridgehead atoms. The average molecular weight is 446 g/mol. The van der Waals surface area contributed by atoms with Crippen LogP contribution in [0.2, 0.25) is 0 Å². The topological polar surface area (TPSA) is 83.8 Å². The highest BCUT2D eigenvalue weighted by Gasteiger charge is 2.29. The Kier molecular flexibility index (Phi) is 5.68. The number of ether oxygens (including phenoxy) is 1. The predicted octanol–water partition coefficient (Wildman–Crippen LogP) is 4.99. The lowest BCUT2D eigenvalue weighted by molar-refractivity contribution is 0.0716. The van der Waals surface area contributed by atoms with Crippen LogP contribution in [0.3, 0.4) is 0 Å². The van der Waals surface area contributed by atoms with E-state index < -0.39 is 54.1 Å². The third kappa shape index (κ3) is 3.94. The van der Waals surface area contributed by atoms with Gasteiger partial charge in [0, 0.05) is 0 Å². The molecular formula is C19H12F5O5P. The summed E-state index contributed by atoms with van der Waals surface area (Å²) in [7, 11) is -4.43. The number of hydrogen-bond acceptors (Lipinski definition) is 3. The Bertz CT molecular complexity index is 1190. The van der Waals surface area contributed by atoms with E-state index in [1.165, 1.54) is 43.3 Å². The summed E-state index contributed by atoms with van der Waals surface area (Å²) in [4.78, 5) is 30.9. The first-order valence-electron chi connectivity index (χ1n) is 8.24. The second-order valence-electron chi connectivity index (χ2n) is 6.37. The average Bonchev–Trinajstić information content (AvgIpc) is 2.71. The molecule has 0 radical (unpaired) electrons. The van der Waals surface area contributed by atoms with Crippen LogP contribution in [0.4, 0.5) is 22.0 Å². The fourth-order valence-corrected chi connectivity index (χ4v) is 3.22. The van der Waals surface area contributed by atoms with Crippen molar-refractivity contribution in [2.75, 3.05) is 0 Å². The number of hydrogen-bond donors (Lipinski definition) is 2. The first-order chi connectivity index (χ1) is 13.9. The van der Waals surface area contributed by atoms with Crippen molar-refractivity contribution < 1.29 is 45.8 Å². The van der Waals surface area contributed by atoms with E-state index in [-0.39, 0.29) is 11.1 Å². The molecule has 0 amide bonds. The number of halogens is 5. The van der Waals surface area contributed by atoms with Crippen molar-refractivity contribution >= 4 is 24.3 Å². The third-order valence-corrected chi connectivity index (χ3v) is 5.76. The Morgan fingerprint density at radius 1 is 0.867 bits per heavy atom. The zero-order chi connectivity index (χ0) is 22.4. The summed E-state index contributed by atoms with van der Waals surface area (Å²) in [5, 5.41) is 0.893. The molecule has 0 aliphatic heterocycles. The molecule has 11 heteroatoms. The van der Waals surface area contributed by atoms with E-state index >= 15 is 0 Å². The molecule has 158 valence electrons. The van der Waals surface area contributed by atoms with Crippen LogP contribution in [0.25, 0.3) is 10.8 Å². The summed E-state index contributed by atoms with van der Waals surface area (Å²) in [6.07, 6.45) is 0. The normalized spacial score (nSPS) is 12.8. The molecule has 30 heavy (non-hydrogen) atoms. The van der Waals surface area contributed by atoms with Crippen LogP contribution in [0.15, 0.2) is 36.4 Å². The minimum atomic E-state index is -4.43. The van der Waals surface area contributed by atoms with Gasteiger partial charge in [0.05, 0.1) is 11.2 Å². The van der Waals surface area contributed by atoms with Gasteiger partial charge in [-0.15, -0.1) is 0 Å². The highest BCUT2D eigenvalue weighted by molar-refractivity contribution is 7.52. The standard InChI is InChI=1S/C19H12F5O5P/c1-8(30(26,27)28)10-4-2-9-3-5-11(7-12(9)6-10)19(25)29-18-16(23)14(21)13(20)15(22)17(18)24/h2-8H,1H3,(H2,26,27,28). The highest BCUT2D eigenvalue weighted by atomic mass is 31.2. The minimum absolute atomic E-state index is 0.265. The summed E-state index contributed by atoms with van der Waals surface area (Å²) in [6, 6.07) is 8.22. The van der Waals surface area contributed by atoms with Crippen LogP contribution in [-0.2, 0) is 4.57 Å². The number of fused-ring (bicyclic) bond motifs is 1. The van der Waals surface area contributed by atoms with E-state index in [9.17, 15) is 41.1 Å². The third-order valence-electron chi connectivity index (χ3n) is 4.45. The van der Waals surface area contributed by atoms with Crippen molar-refractivity contribution in [1.29, 1.82) is 0 Å². The van der Waals surface area contributed by atoms with Crippen LogP contribution in [-0.4, -0.2) is 15.8 Å². The molecule has 3 aromatic carbocycles. The highest BCUT2D eigenvalue weighted by Crippen LogP contribution is 2.51. The first-order valence-corrected chi connectivity index (χ1v) is 9.92. The zero-order valence-electron chi connectivity index (χ0n) is 15.0. The van der Waals surface area contributed by atoms with Crippen LogP contribution >= 0.6 is 7.60 Å². The van der Waals surface area contributed by atoms with Gasteiger partial charge in [0.2, 0.25) is 34.8 Å². The maximum Gasteiger partial charge on any atom is 0.343 e. The Morgan fingerprint density at radius 3 is 1.97 bits per heavy atom. The lowest BCUT2D eigenvalue weighted by atomic mass is 10.0. The van der Waals surface area contributed by atoms with Gasteiger partial charge >= 0.3 is 13.6 Å². The summed E-state index contributed by atoms with van der Waals surface area (Å²) in [5.74, 6) is -14.6. The molecule has 0 aromatic heterocycles. The Balaban J connectivity index is 1.99. The van der Waals surface area contributed by atoms with E-state index in [0.717, 1.165) is 0 Å². The molecule has 2 N–H and O–H groups in total. The van der Waals surface area contributed by atoms with Gasteiger partial charge in [-0.1, -0.05) is 24.3 Å². The molecule has 3 rings (SSSR count). The molecule has 0 spiro atoms. The minimum Gasteiger partial charge on any atom is -0.416 e. The Morgan fingerprint density at radius 2 is 1.40 bits per heavy atom. The molecular weight excluding hydrogens is 434 g/mol. The molecule has 1 unspecified atom stereocenters. The SMILES string of the molecule is CC(c1ccc2ccc(C(=O)Oc3c(F)c(F)c(F)c(F)c3F)cc2c1)P(=O)(O)O. The lowest BCUT2D eigenvalue weighted by Crippen LogP contribution is -2.13. The number of esters is 1. The van der Waals surface area contributed by atoms with Gasteiger partial charge in [-0.05, 0) is 35.4 Å². The molecule has 1 atom stereocenters. The first kappa shape index (κ1) is 21.9. The van der Waals surface area contributed by atoms with Crippen LogP contribution in [0.5, 0.6) is 5.75 Å². The van der Waals surface area contributed by atoms with E-state index in [2.05, 4.69) is 4.74 Å². The van der Waals surface area contributed by atoms with Gasteiger partial charge < -0.3 is 14.5 Å². The van der Waals surface area contributed by atoms with Crippen molar-refractivity contribution in [3.63, 3.8) is 0 Å². The predicted molar refractivity (Wildman–Crippen MR) is 95.6 cm³/mol. The fourth-order valence-electron chi connectivity index (χ4n) is 2.67. The van der Waals surface area contributed by atoms with Crippen molar-refractivity contribution in [2.24, 2.45) is 0 Å². The van der Waals surface area contributed by atoms with E-state index in [4.69, 9.17) is 0 Å². The van der Waals surface area contributed by atoms with Gasteiger partial charge in [0.25, 0.3) is 0 Å². The smallest absolute Gasteiger partial charge is 0.343 e. The van der Waals surface area contributed by atoms with E-state index in [0.29, 0.717) is 10.8 Å². The monoisotopic (exact) mass is 446 g/mol. The van der Waals surface area contributed by atoms with Crippen LogP contribution < -0.4 is 4.74 Å². The molecule has 0 aliphatic carbocycles. The Labute approximate surface area is 165 Å². The molecule has 0 saturated heterocycles. The lowest BCUT2D eigenvalue weighted by Gasteiger charge is -2.14. The molecule has 0 fully saturated rings. The largest absolute Gasteiger partial charge is 0.416 e. The fraction of sp³-hybridized carbons (Fsp3) is 0.105. The summed E-state index contributed by atoms with van der Waals surface area (Å²) < 4.78 is 82.9. The summed E-state index contributed by atoms with van der Waals surface area (Å²) >= 11 is 0. The quantitative estimate of drug-likeness (QED) is 0.147. The number of carbonyl (C=O) groups excluding carboxylic acids is 1. The van der Waals surface area contributed by atoms with Crippen molar-refractivity contribution in [1.82, 2.24) is 0 Å². The maximum absolute atomic E-state index is 13.7. The van der Waals surface area contributed by atoms with Crippen molar-refractivity contribution in [3.8, 4) is 5.75 Å². The number of rotatable bonds is 4. The number of carbonyl (C=O) groups is 1. The zero-order valence-corrected chi connectivity index (χ0v) is 15.9. The Hall–Kier alpha value is -2.81. The van der Waals surface area contributed by atoms with Gasteiger partial charge in [-0.25, -0.2) is 18.0 Å².